The van der Waals surface area contributed by atoms with Gasteiger partial charge in [0.25, 0.3) is 0 Å². The number of hydrogen-bond donors (Lipinski definition) is 1. The first-order valence-corrected chi connectivity index (χ1v) is 6.35. The maximum atomic E-state index is 11.6. The summed E-state index contributed by atoms with van der Waals surface area (Å²) in [6.07, 6.45) is 1.03. The molecule has 0 aromatic carbocycles. The molecule has 0 spiro atoms. The Balaban J connectivity index is 2.43. The molecule has 0 bridgehead atoms. The van der Waals surface area contributed by atoms with Crippen molar-refractivity contribution in [3.8, 4) is 0 Å². The van der Waals surface area contributed by atoms with Crippen molar-refractivity contribution < 1.29 is 9.53 Å². The number of ether oxygens (including phenoxy) is 1. The second kappa shape index (κ2) is 7.38. The number of nitrogens with zero attached hydrogens (tertiary/aromatic N) is 3. The Kier molecular flexibility index (Phi) is 6.07. The number of esters is 1. The van der Waals surface area contributed by atoms with Crippen LogP contribution in [0.15, 0.2) is 5.11 Å². The summed E-state index contributed by atoms with van der Waals surface area (Å²) in [5.74, 6) is 2.17. The maximum Gasteiger partial charge on any atom is 0.323 e. The molecule has 6 nitrogen and oxygen atoms in total. The van der Waals surface area contributed by atoms with Gasteiger partial charge < -0.3 is 10.1 Å². The Morgan fingerprint density at radius 1 is 1.81 bits per heavy atom. The third kappa shape index (κ3) is 3.92. The van der Waals surface area contributed by atoms with E-state index < -0.39 is 0 Å². The molecule has 1 fully saturated rings. The van der Waals surface area contributed by atoms with Crippen molar-refractivity contribution >= 4 is 17.7 Å². The Morgan fingerprint density at radius 2 is 2.62 bits per heavy atom. The van der Waals surface area contributed by atoms with E-state index in [-0.39, 0.29) is 12.0 Å². The van der Waals surface area contributed by atoms with Gasteiger partial charge in [0.05, 0.1) is 7.11 Å². The number of methoxy groups -OCH3 is 1. The Labute approximate surface area is 98.7 Å². The molecule has 2 unspecified atom stereocenters. The molecule has 16 heavy (non-hydrogen) atoms. The Hall–Kier alpha value is -0.910. The van der Waals surface area contributed by atoms with Crippen LogP contribution in [0.25, 0.3) is 10.4 Å². The van der Waals surface area contributed by atoms with Gasteiger partial charge in [-0.25, -0.2) is 0 Å². The predicted octanol–water partition coefficient (Wildman–Crippen LogP) is 1.18. The Morgan fingerprint density at radius 3 is 3.19 bits per heavy atom. The molecule has 0 amide bonds. The lowest BCUT2D eigenvalue weighted by molar-refractivity contribution is -0.144. The number of hydrogen-bond acceptors (Lipinski definition) is 5. The van der Waals surface area contributed by atoms with Gasteiger partial charge in [0.2, 0.25) is 0 Å². The van der Waals surface area contributed by atoms with Crippen molar-refractivity contribution in [1.29, 1.82) is 0 Å². The zero-order valence-electron chi connectivity index (χ0n) is 9.26. The van der Waals surface area contributed by atoms with Gasteiger partial charge in [-0.3, -0.25) is 4.79 Å². The number of thioether (sulfide) groups is 1. The Bertz CT molecular complexity index is 275. The smallest absolute Gasteiger partial charge is 0.323 e. The van der Waals surface area contributed by atoms with E-state index in [0.717, 1.165) is 17.9 Å². The molecule has 1 aliphatic heterocycles. The molecule has 1 aliphatic rings. The van der Waals surface area contributed by atoms with Crippen LogP contribution in [0.1, 0.15) is 6.42 Å². The molecular formula is C9H16N4O2S. The molecule has 0 saturated carbocycles. The zero-order chi connectivity index (χ0) is 11.8. The van der Waals surface area contributed by atoms with Crippen molar-refractivity contribution in [3.63, 3.8) is 0 Å². The van der Waals surface area contributed by atoms with Crippen molar-refractivity contribution in [2.45, 2.75) is 12.5 Å². The second-order valence-electron chi connectivity index (χ2n) is 3.53. The van der Waals surface area contributed by atoms with Crippen LogP contribution in [0, 0.1) is 5.92 Å². The molecule has 2 atom stereocenters. The van der Waals surface area contributed by atoms with Gasteiger partial charge in [0, 0.05) is 18.0 Å². The summed E-state index contributed by atoms with van der Waals surface area (Å²) in [6, 6.07) is -0.270. The standard InChI is InChI=1S/C9H16N4O2S/c1-15-9(14)8(7-2-5-16-6-7)11-3-4-12-13-10/h7-8,11H,2-6H2,1H3. The number of rotatable bonds is 6. The molecule has 0 radical (unpaired) electrons. The van der Waals surface area contributed by atoms with Crippen molar-refractivity contribution in [2.75, 3.05) is 31.7 Å². The van der Waals surface area contributed by atoms with E-state index in [1.54, 1.807) is 0 Å². The summed E-state index contributed by atoms with van der Waals surface area (Å²) in [5.41, 5.74) is 8.13. The van der Waals surface area contributed by atoms with Crippen LogP contribution >= 0.6 is 11.8 Å². The summed E-state index contributed by atoms with van der Waals surface area (Å²) in [5, 5.41) is 6.51. The van der Waals surface area contributed by atoms with E-state index in [0.29, 0.717) is 19.0 Å². The highest BCUT2D eigenvalue weighted by Gasteiger charge is 2.31. The molecule has 0 aliphatic carbocycles. The first-order valence-electron chi connectivity index (χ1n) is 5.19. The molecule has 1 N–H and O–H groups in total. The lowest BCUT2D eigenvalue weighted by Gasteiger charge is -2.21. The van der Waals surface area contributed by atoms with Gasteiger partial charge in [-0.05, 0) is 29.4 Å². The minimum absolute atomic E-state index is 0.228. The number of nitrogens with one attached hydrogen (secondary N) is 1. The van der Waals surface area contributed by atoms with Crippen molar-refractivity contribution in [1.82, 2.24) is 5.32 Å². The van der Waals surface area contributed by atoms with Crippen LogP contribution < -0.4 is 5.32 Å². The van der Waals surface area contributed by atoms with E-state index in [1.807, 2.05) is 11.8 Å². The van der Waals surface area contributed by atoms with E-state index in [4.69, 9.17) is 10.3 Å². The highest BCUT2D eigenvalue weighted by molar-refractivity contribution is 7.99. The third-order valence-corrected chi connectivity index (χ3v) is 3.72. The average molecular weight is 244 g/mol. The quantitative estimate of drug-likeness (QED) is 0.250. The van der Waals surface area contributed by atoms with Gasteiger partial charge in [0.15, 0.2) is 0 Å². The average Bonchev–Trinajstić information content (AvgIpc) is 2.82. The third-order valence-electron chi connectivity index (χ3n) is 2.53. The number of carbonyl (C=O) groups excluding carboxylic acids is 1. The fourth-order valence-corrected chi connectivity index (χ4v) is 3.00. The summed E-state index contributed by atoms with van der Waals surface area (Å²) in [7, 11) is 1.40. The number of azide groups is 1. The summed E-state index contributed by atoms with van der Waals surface area (Å²) in [6.45, 7) is 0.856. The van der Waals surface area contributed by atoms with Crippen LogP contribution in [0.3, 0.4) is 0 Å². The van der Waals surface area contributed by atoms with Gasteiger partial charge >= 0.3 is 5.97 Å². The fraction of sp³-hybridized carbons (Fsp3) is 0.889. The summed E-state index contributed by atoms with van der Waals surface area (Å²) in [4.78, 5) is 14.2. The van der Waals surface area contributed by atoms with Crippen molar-refractivity contribution in [2.24, 2.45) is 11.0 Å². The molecule has 1 rings (SSSR count). The minimum Gasteiger partial charge on any atom is -0.468 e. The van der Waals surface area contributed by atoms with E-state index >= 15 is 0 Å². The monoisotopic (exact) mass is 244 g/mol. The normalized spacial score (nSPS) is 21.2. The van der Waals surface area contributed by atoms with Gasteiger partial charge in [-0.15, -0.1) is 0 Å². The molecule has 7 heteroatoms. The van der Waals surface area contributed by atoms with Crippen LogP contribution in [-0.2, 0) is 9.53 Å². The lowest BCUT2D eigenvalue weighted by atomic mass is 9.99. The topological polar surface area (TPSA) is 87.1 Å². The molecule has 1 heterocycles. The van der Waals surface area contributed by atoms with E-state index in [2.05, 4.69) is 15.3 Å². The second-order valence-corrected chi connectivity index (χ2v) is 4.68. The largest absolute Gasteiger partial charge is 0.468 e. The number of carbonyl (C=O) groups is 1. The van der Waals surface area contributed by atoms with Crippen molar-refractivity contribution in [3.05, 3.63) is 10.4 Å². The predicted molar refractivity (Wildman–Crippen MR) is 63.3 cm³/mol. The molecule has 1 saturated heterocycles. The SMILES string of the molecule is COC(=O)C(NCCN=[N+]=[N-])C1CCSC1. The fourth-order valence-electron chi connectivity index (χ4n) is 1.70. The van der Waals surface area contributed by atoms with Gasteiger partial charge in [-0.2, -0.15) is 11.8 Å². The molecular weight excluding hydrogens is 228 g/mol. The molecule has 90 valence electrons. The van der Waals surface area contributed by atoms with Crippen LogP contribution in [0.4, 0.5) is 0 Å². The van der Waals surface area contributed by atoms with E-state index in [9.17, 15) is 4.79 Å². The molecule has 0 aromatic heterocycles. The maximum absolute atomic E-state index is 11.6. The highest BCUT2D eigenvalue weighted by atomic mass is 32.2. The van der Waals surface area contributed by atoms with Gasteiger partial charge in [-0.1, -0.05) is 5.11 Å². The summed E-state index contributed by atoms with van der Waals surface area (Å²) < 4.78 is 4.77. The first kappa shape index (κ1) is 13.2. The van der Waals surface area contributed by atoms with Crippen LogP contribution in [0.5, 0.6) is 0 Å². The highest BCUT2D eigenvalue weighted by Crippen LogP contribution is 2.26. The van der Waals surface area contributed by atoms with Crippen LogP contribution in [0.2, 0.25) is 0 Å². The van der Waals surface area contributed by atoms with Crippen LogP contribution in [-0.4, -0.2) is 43.7 Å². The van der Waals surface area contributed by atoms with E-state index in [1.165, 1.54) is 7.11 Å². The summed E-state index contributed by atoms with van der Waals surface area (Å²) >= 11 is 1.85. The molecule has 0 aromatic rings. The minimum atomic E-state index is -0.270. The first-order chi connectivity index (χ1) is 7.79. The lowest BCUT2D eigenvalue weighted by Crippen LogP contribution is -2.44. The van der Waals surface area contributed by atoms with Gasteiger partial charge in [0.1, 0.15) is 6.04 Å². The zero-order valence-corrected chi connectivity index (χ0v) is 10.1.